The van der Waals surface area contributed by atoms with E-state index < -0.39 is 0 Å². The maximum atomic E-state index is 6.31. The van der Waals surface area contributed by atoms with E-state index in [9.17, 15) is 0 Å². The van der Waals surface area contributed by atoms with E-state index in [0.717, 1.165) is 29.1 Å². The number of allylic oxidation sites excluding steroid dienone is 1. The molecule has 0 unspecified atom stereocenters. The third-order valence-electron chi connectivity index (χ3n) is 4.25. The highest BCUT2D eigenvalue weighted by Gasteiger charge is 2.14. The Hall–Kier alpha value is -2.92. The van der Waals surface area contributed by atoms with E-state index in [1.807, 2.05) is 18.3 Å². The molecule has 0 spiro atoms. The number of fused-ring (bicyclic) bond motifs is 1. The molecule has 0 fully saturated rings. The highest BCUT2D eigenvalue weighted by Crippen LogP contribution is 2.29. The summed E-state index contributed by atoms with van der Waals surface area (Å²) in [6.07, 6.45) is 6.73. The van der Waals surface area contributed by atoms with Crippen LogP contribution in [0.3, 0.4) is 0 Å². The van der Waals surface area contributed by atoms with Gasteiger partial charge >= 0.3 is 0 Å². The predicted octanol–water partition coefficient (Wildman–Crippen LogP) is 4.21. The number of anilines is 2. The van der Waals surface area contributed by atoms with Crippen molar-refractivity contribution in [3.63, 3.8) is 0 Å². The molecule has 2 N–H and O–H groups in total. The van der Waals surface area contributed by atoms with Crippen molar-refractivity contribution < 1.29 is 0 Å². The first kappa shape index (κ1) is 16.5. The zero-order valence-corrected chi connectivity index (χ0v) is 14.9. The first-order valence-electron chi connectivity index (χ1n) is 8.38. The average Bonchev–Trinajstić information content (AvgIpc) is 3.02. The van der Waals surface area contributed by atoms with E-state index in [2.05, 4.69) is 50.4 Å². The van der Waals surface area contributed by atoms with Crippen LogP contribution < -0.4 is 10.6 Å². The summed E-state index contributed by atoms with van der Waals surface area (Å²) in [5.41, 5.74) is 6.45. The summed E-state index contributed by atoms with van der Waals surface area (Å²) < 4.78 is 0. The molecule has 130 valence electrons. The van der Waals surface area contributed by atoms with Crippen molar-refractivity contribution in [3.8, 4) is 0 Å². The van der Waals surface area contributed by atoms with E-state index in [1.165, 1.54) is 11.1 Å². The second-order valence-corrected chi connectivity index (χ2v) is 6.68. The van der Waals surface area contributed by atoms with Gasteiger partial charge in [0.2, 0.25) is 5.95 Å². The predicted molar refractivity (Wildman–Crippen MR) is 104 cm³/mol. The van der Waals surface area contributed by atoms with Gasteiger partial charge in [-0.05, 0) is 28.8 Å². The maximum absolute atomic E-state index is 6.31. The highest BCUT2D eigenvalue weighted by molar-refractivity contribution is 6.31. The molecular formula is C20H18ClN5. The Morgan fingerprint density at radius 1 is 1.19 bits per heavy atom. The molecule has 0 saturated carbocycles. The number of nitrogens with zero attached hydrogens (tertiary/aromatic N) is 3. The summed E-state index contributed by atoms with van der Waals surface area (Å²) in [7, 11) is 0. The van der Waals surface area contributed by atoms with Crippen molar-refractivity contribution in [3.05, 3.63) is 88.6 Å². The molecule has 0 amide bonds. The van der Waals surface area contributed by atoms with Gasteiger partial charge < -0.3 is 10.6 Å². The second kappa shape index (κ2) is 7.14. The van der Waals surface area contributed by atoms with E-state index in [4.69, 9.17) is 11.6 Å². The fourth-order valence-electron chi connectivity index (χ4n) is 2.98. The van der Waals surface area contributed by atoms with Gasteiger partial charge in [0.1, 0.15) is 0 Å². The maximum Gasteiger partial charge on any atom is 0.223 e. The minimum Gasteiger partial charge on any atom is -0.359 e. The van der Waals surface area contributed by atoms with Crippen LogP contribution in [0.4, 0.5) is 11.6 Å². The zero-order valence-electron chi connectivity index (χ0n) is 14.2. The summed E-state index contributed by atoms with van der Waals surface area (Å²) in [5.74, 6) is 0.560. The van der Waals surface area contributed by atoms with Gasteiger partial charge in [0.25, 0.3) is 0 Å². The molecule has 1 aliphatic heterocycles. The van der Waals surface area contributed by atoms with Crippen molar-refractivity contribution in [2.45, 2.75) is 19.4 Å². The number of benzene rings is 1. The molecule has 0 saturated heterocycles. The molecular weight excluding hydrogens is 346 g/mol. The van der Waals surface area contributed by atoms with Gasteiger partial charge in [0, 0.05) is 43.2 Å². The molecule has 2 aromatic heterocycles. The van der Waals surface area contributed by atoms with Crippen LogP contribution in [0.5, 0.6) is 0 Å². The van der Waals surface area contributed by atoms with Crippen molar-refractivity contribution in [2.75, 3.05) is 10.6 Å². The molecule has 6 heteroatoms. The minimum atomic E-state index is 0.560. The Balaban J connectivity index is 1.50. The highest BCUT2D eigenvalue weighted by atomic mass is 35.5. The standard InChI is InChI=1S/C20H18ClN5/c1-13-7-16-8-14(4-5-18(16)25-13)9-19-17(21)12-24-20(26-19)23-11-15-3-2-6-22-10-15/h2-6,8,10,12,25H,1,7,9,11H2,(H,23,24,26). The Kier molecular flexibility index (Phi) is 4.54. The third-order valence-corrected chi connectivity index (χ3v) is 4.56. The molecule has 0 radical (unpaired) electrons. The van der Waals surface area contributed by atoms with E-state index in [-0.39, 0.29) is 0 Å². The lowest BCUT2D eigenvalue weighted by atomic mass is 10.0. The van der Waals surface area contributed by atoms with Crippen LogP contribution in [0.2, 0.25) is 5.02 Å². The summed E-state index contributed by atoms with van der Waals surface area (Å²) in [6.45, 7) is 4.60. The van der Waals surface area contributed by atoms with Gasteiger partial charge in [0.05, 0.1) is 16.9 Å². The average molecular weight is 364 g/mol. The number of nitrogens with one attached hydrogen (secondary N) is 2. The monoisotopic (exact) mass is 363 g/mol. The first-order chi connectivity index (χ1) is 12.7. The largest absolute Gasteiger partial charge is 0.359 e. The molecule has 3 aromatic rings. The molecule has 26 heavy (non-hydrogen) atoms. The molecule has 0 aliphatic carbocycles. The fraction of sp³-hybridized carbons (Fsp3) is 0.150. The first-order valence-corrected chi connectivity index (χ1v) is 8.76. The van der Waals surface area contributed by atoms with Gasteiger partial charge in [-0.15, -0.1) is 0 Å². The molecule has 0 bridgehead atoms. The third kappa shape index (κ3) is 3.68. The van der Waals surface area contributed by atoms with Crippen molar-refractivity contribution >= 4 is 23.2 Å². The summed E-state index contributed by atoms with van der Waals surface area (Å²) in [4.78, 5) is 13.0. The zero-order chi connectivity index (χ0) is 17.9. The second-order valence-electron chi connectivity index (χ2n) is 6.28. The lowest BCUT2D eigenvalue weighted by Crippen LogP contribution is -2.06. The van der Waals surface area contributed by atoms with Crippen LogP contribution in [0, 0.1) is 0 Å². The Labute approximate surface area is 157 Å². The summed E-state index contributed by atoms with van der Waals surface area (Å²) in [6, 6.07) is 10.3. The molecule has 1 aliphatic rings. The number of pyridine rings is 1. The quantitative estimate of drug-likeness (QED) is 0.711. The minimum absolute atomic E-state index is 0.560. The summed E-state index contributed by atoms with van der Waals surface area (Å²) in [5, 5.41) is 7.07. The topological polar surface area (TPSA) is 62.7 Å². The van der Waals surface area contributed by atoms with Crippen LogP contribution in [-0.2, 0) is 19.4 Å². The lowest BCUT2D eigenvalue weighted by Gasteiger charge is -2.09. The van der Waals surface area contributed by atoms with Gasteiger partial charge in [0.15, 0.2) is 0 Å². The van der Waals surface area contributed by atoms with Crippen molar-refractivity contribution in [1.82, 2.24) is 15.0 Å². The number of halogens is 1. The van der Waals surface area contributed by atoms with Crippen LogP contribution in [-0.4, -0.2) is 15.0 Å². The van der Waals surface area contributed by atoms with E-state index >= 15 is 0 Å². The van der Waals surface area contributed by atoms with Crippen LogP contribution in [0.15, 0.2) is 61.2 Å². The van der Waals surface area contributed by atoms with Gasteiger partial charge in [-0.2, -0.15) is 0 Å². The number of hydrogen-bond acceptors (Lipinski definition) is 5. The molecule has 1 aromatic carbocycles. The SMILES string of the molecule is C=C1Cc2cc(Cc3nc(NCc4cccnc4)ncc3Cl)ccc2N1. The van der Waals surface area contributed by atoms with Crippen molar-refractivity contribution in [1.29, 1.82) is 0 Å². The molecule has 4 rings (SSSR count). The van der Waals surface area contributed by atoms with Gasteiger partial charge in [-0.25, -0.2) is 9.97 Å². The number of hydrogen-bond donors (Lipinski definition) is 2. The number of aromatic nitrogens is 3. The Morgan fingerprint density at radius 3 is 2.96 bits per heavy atom. The van der Waals surface area contributed by atoms with Crippen LogP contribution in [0.1, 0.15) is 22.4 Å². The molecule has 5 nitrogen and oxygen atoms in total. The van der Waals surface area contributed by atoms with Crippen LogP contribution >= 0.6 is 11.6 Å². The number of rotatable bonds is 5. The van der Waals surface area contributed by atoms with Gasteiger partial charge in [-0.3, -0.25) is 4.98 Å². The summed E-state index contributed by atoms with van der Waals surface area (Å²) >= 11 is 6.31. The smallest absolute Gasteiger partial charge is 0.223 e. The lowest BCUT2D eigenvalue weighted by molar-refractivity contribution is 0.988. The van der Waals surface area contributed by atoms with E-state index in [0.29, 0.717) is 23.9 Å². The fourth-order valence-corrected chi connectivity index (χ4v) is 3.14. The van der Waals surface area contributed by atoms with E-state index in [1.54, 1.807) is 12.4 Å². The Morgan fingerprint density at radius 2 is 2.12 bits per heavy atom. The molecule has 0 atom stereocenters. The normalized spacial score (nSPS) is 12.6. The Bertz CT molecular complexity index is 956. The van der Waals surface area contributed by atoms with Crippen LogP contribution in [0.25, 0.3) is 0 Å². The molecule has 3 heterocycles. The van der Waals surface area contributed by atoms with Crippen molar-refractivity contribution in [2.24, 2.45) is 0 Å². The van der Waals surface area contributed by atoms with Gasteiger partial charge in [-0.1, -0.05) is 36.4 Å².